The van der Waals surface area contributed by atoms with E-state index in [-0.39, 0.29) is 16.6 Å². The number of rotatable bonds is 2. The molecule has 4 N–H and O–H groups in total. The van der Waals surface area contributed by atoms with Gasteiger partial charge < -0.3 is 25.0 Å². The van der Waals surface area contributed by atoms with Gasteiger partial charge in [-0.2, -0.15) is 4.98 Å². The molecule has 1 fully saturated rings. The summed E-state index contributed by atoms with van der Waals surface area (Å²) >= 11 is 0. The number of aliphatic hydroxyl groups is 3. The summed E-state index contributed by atoms with van der Waals surface area (Å²) in [5, 5.41) is 29.0. The summed E-state index contributed by atoms with van der Waals surface area (Å²) in [6.45, 7) is 0.798. The molecule has 0 spiro atoms. The topological polar surface area (TPSA) is 138 Å². The van der Waals surface area contributed by atoms with Gasteiger partial charge in [-0.3, -0.25) is 9.36 Å². The quantitative estimate of drug-likeness (QED) is 0.508. The Labute approximate surface area is 127 Å². The van der Waals surface area contributed by atoms with Crippen LogP contribution < -0.4 is 11.2 Å². The summed E-state index contributed by atoms with van der Waals surface area (Å²) < 4.78 is 19.9. The molecule has 23 heavy (non-hydrogen) atoms. The van der Waals surface area contributed by atoms with Crippen molar-refractivity contribution in [3.8, 4) is 0 Å². The Kier molecular flexibility index (Phi) is 3.76. The monoisotopic (exact) mass is 327 g/mol. The molecule has 2 aromatic rings. The largest absolute Gasteiger partial charge is 0.394 e. The van der Waals surface area contributed by atoms with Crippen LogP contribution in [-0.2, 0) is 4.74 Å². The third-order valence-electron chi connectivity index (χ3n) is 3.91. The van der Waals surface area contributed by atoms with Crippen LogP contribution in [0, 0.1) is 12.7 Å². The van der Waals surface area contributed by atoms with Crippen LogP contribution in [0.3, 0.4) is 0 Å². The second-order valence-corrected chi connectivity index (χ2v) is 5.31. The van der Waals surface area contributed by atoms with Gasteiger partial charge in [0.15, 0.2) is 12.0 Å². The molecular formula is C13H14FN3O6. The summed E-state index contributed by atoms with van der Waals surface area (Å²) in [5.74, 6) is -1.01. The van der Waals surface area contributed by atoms with Gasteiger partial charge in [-0.1, -0.05) is 0 Å². The van der Waals surface area contributed by atoms with Crippen LogP contribution in [-0.4, -0.2) is 54.8 Å². The fourth-order valence-corrected chi connectivity index (χ4v) is 2.58. The number of aromatic amines is 1. The lowest BCUT2D eigenvalue weighted by atomic mass is 10.1. The second kappa shape index (κ2) is 5.49. The molecule has 0 saturated carbocycles. The molecule has 0 aliphatic carbocycles. The first-order valence-corrected chi connectivity index (χ1v) is 6.79. The molecule has 10 heteroatoms. The number of aryl methyl sites for hydroxylation is 1. The maximum atomic E-state index is 13.7. The highest BCUT2D eigenvalue weighted by molar-refractivity contribution is 5.77. The molecule has 0 aromatic carbocycles. The smallest absolute Gasteiger partial charge is 0.351 e. The van der Waals surface area contributed by atoms with Gasteiger partial charge in [-0.05, 0) is 6.92 Å². The Morgan fingerprint density at radius 3 is 2.70 bits per heavy atom. The Bertz CT molecular complexity index is 878. The van der Waals surface area contributed by atoms with Crippen molar-refractivity contribution < 1.29 is 24.4 Å². The Morgan fingerprint density at radius 1 is 1.39 bits per heavy atom. The number of nitrogens with zero attached hydrogens (tertiary/aromatic N) is 2. The second-order valence-electron chi connectivity index (χ2n) is 5.31. The normalized spacial score (nSPS) is 27.7. The van der Waals surface area contributed by atoms with Crippen LogP contribution in [0.15, 0.2) is 15.8 Å². The number of hydrogen-bond acceptors (Lipinski definition) is 7. The third-order valence-corrected chi connectivity index (χ3v) is 3.91. The number of aromatic nitrogens is 3. The number of halogens is 1. The SMILES string of the molecule is Cc1c(F)c(=O)[nH]c2nc(=O)n(C3OC(CO)C(O)C3O)cc12. The predicted molar refractivity (Wildman–Crippen MR) is 74.3 cm³/mol. The maximum Gasteiger partial charge on any atom is 0.351 e. The number of fused-ring (bicyclic) bond motifs is 1. The Balaban J connectivity index is 2.18. The van der Waals surface area contributed by atoms with Crippen molar-refractivity contribution in [3.05, 3.63) is 38.4 Å². The summed E-state index contributed by atoms with van der Waals surface area (Å²) in [7, 11) is 0. The highest BCUT2D eigenvalue weighted by atomic mass is 19.1. The lowest BCUT2D eigenvalue weighted by molar-refractivity contribution is -0.0547. The number of nitrogens with one attached hydrogen (secondary N) is 1. The zero-order valence-corrected chi connectivity index (χ0v) is 11.9. The minimum atomic E-state index is -1.47. The van der Waals surface area contributed by atoms with Crippen LogP contribution in [0.5, 0.6) is 0 Å². The van der Waals surface area contributed by atoms with E-state index < -0.39 is 48.2 Å². The molecule has 0 amide bonds. The van der Waals surface area contributed by atoms with Crippen molar-refractivity contribution in [2.45, 2.75) is 31.5 Å². The predicted octanol–water partition coefficient (Wildman–Crippen LogP) is -1.86. The van der Waals surface area contributed by atoms with Crippen molar-refractivity contribution in [2.75, 3.05) is 6.61 Å². The van der Waals surface area contributed by atoms with E-state index in [1.807, 2.05) is 0 Å². The fourth-order valence-electron chi connectivity index (χ4n) is 2.58. The van der Waals surface area contributed by atoms with Gasteiger partial charge in [-0.15, -0.1) is 0 Å². The van der Waals surface area contributed by atoms with Crippen LogP contribution in [0.2, 0.25) is 0 Å². The van der Waals surface area contributed by atoms with E-state index in [0.717, 1.165) is 4.57 Å². The molecular weight excluding hydrogens is 313 g/mol. The minimum absolute atomic E-state index is 0.0169. The Morgan fingerprint density at radius 2 is 2.09 bits per heavy atom. The van der Waals surface area contributed by atoms with Crippen LogP contribution in [0.25, 0.3) is 11.0 Å². The summed E-state index contributed by atoms with van der Waals surface area (Å²) in [6.07, 6.45) is -4.04. The van der Waals surface area contributed by atoms with E-state index in [1.165, 1.54) is 13.1 Å². The van der Waals surface area contributed by atoms with E-state index in [9.17, 15) is 24.2 Å². The van der Waals surface area contributed by atoms with E-state index in [1.54, 1.807) is 0 Å². The molecule has 4 atom stereocenters. The molecule has 1 aliphatic heterocycles. The molecule has 2 aromatic heterocycles. The highest BCUT2D eigenvalue weighted by Gasteiger charge is 2.43. The molecule has 0 bridgehead atoms. The van der Waals surface area contributed by atoms with Crippen molar-refractivity contribution in [3.63, 3.8) is 0 Å². The highest BCUT2D eigenvalue weighted by Crippen LogP contribution is 2.28. The number of pyridine rings is 1. The minimum Gasteiger partial charge on any atom is -0.394 e. The van der Waals surface area contributed by atoms with Crippen molar-refractivity contribution in [1.82, 2.24) is 14.5 Å². The van der Waals surface area contributed by atoms with Gasteiger partial charge in [0.05, 0.1) is 6.61 Å². The number of hydrogen-bond donors (Lipinski definition) is 4. The molecule has 3 rings (SSSR count). The first-order valence-electron chi connectivity index (χ1n) is 6.79. The number of aliphatic hydroxyl groups excluding tert-OH is 3. The first-order chi connectivity index (χ1) is 10.8. The molecule has 9 nitrogen and oxygen atoms in total. The first kappa shape index (κ1) is 15.7. The van der Waals surface area contributed by atoms with E-state index >= 15 is 0 Å². The van der Waals surface area contributed by atoms with Crippen molar-refractivity contribution in [1.29, 1.82) is 0 Å². The van der Waals surface area contributed by atoms with Crippen LogP contribution in [0.4, 0.5) is 4.39 Å². The average molecular weight is 327 g/mol. The zero-order valence-electron chi connectivity index (χ0n) is 11.9. The van der Waals surface area contributed by atoms with Gasteiger partial charge in [-0.25, -0.2) is 9.18 Å². The van der Waals surface area contributed by atoms with Crippen molar-refractivity contribution in [2.24, 2.45) is 0 Å². The summed E-state index contributed by atoms with van der Waals surface area (Å²) in [5.41, 5.74) is -1.97. The standard InChI is InChI=1S/C13H14FN3O6/c1-4-5-2-17(12-9(20)8(19)6(3-18)23-12)13(22)16-10(5)15-11(21)7(4)14/h2,6,8-9,12,18-20H,3H2,1H3,(H,15,16,21,22). The number of H-pyrrole nitrogens is 1. The van der Waals surface area contributed by atoms with Gasteiger partial charge in [0.1, 0.15) is 24.0 Å². The summed E-state index contributed by atoms with van der Waals surface area (Å²) in [4.78, 5) is 29.2. The molecule has 124 valence electrons. The fraction of sp³-hybridized carbons (Fsp3) is 0.462. The van der Waals surface area contributed by atoms with E-state index in [0.29, 0.717) is 0 Å². The van der Waals surface area contributed by atoms with Crippen LogP contribution >= 0.6 is 0 Å². The van der Waals surface area contributed by atoms with Gasteiger partial charge in [0, 0.05) is 17.1 Å². The summed E-state index contributed by atoms with van der Waals surface area (Å²) in [6, 6.07) is 0. The van der Waals surface area contributed by atoms with Gasteiger partial charge in [0.25, 0.3) is 5.56 Å². The van der Waals surface area contributed by atoms with Crippen molar-refractivity contribution >= 4 is 11.0 Å². The Hall–Kier alpha value is -2.14. The number of ether oxygens (including phenoxy) is 1. The maximum absolute atomic E-state index is 13.7. The molecule has 1 saturated heterocycles. The van der Waals surface area contributed by atoms with Gasteiger partial charge in [0.2, 0.25) is 0 Å². The molecule has 1 aliphatic rings. The van der Waals surface area contributed by atoms with E-state index in [4.69, 9.17) is 9.84 Å². The molecule has 3 heterocycles. The van der Waals surface area contributed by atoms with Gasteiger partial charge >= 0.3 is 5.69 Å². The zero-order chi connectivity index (χ0) is 16.9. The van der Waals surface area contributed by atoms with E-state index in [2.05, 4.69) is 9.97 Å². The lowest BCUT2D eigenvalue weighted by Crippen LogP contribution is -2.36. The third kappa shape index (κ3) is 2.36. The lowest BCUT2D eigenvalue weighted by Gasteiger charge is -2.17. The average Bonchev–Trinajstić information content (AvgIpc) is 2.80. The van der Waals surface area contributed by atoms with Crippen LogP contribution in [0.1, 0.15) is 11.8 Å². The molecule has 0 radical (unpaired) electrons. The molecule has 4 unspecified atom stereocenters.